The van der Waals surface area contributed by atoms with Crippen LogP contribution in [0.2, 0.25) is 0 Å². The summed E-state index contributed by atoms with van der Waals surface area (Å²) in [4.78, 5) is 15.7. The van der Waals surface area contributed by atoms with Crippen molar-refractivity contribution >= 4 is 5.91 Å². The van der Waals surface area contributed by atoms with Gasteiger partial charge in [-0.1, -0.05) is 6.08 Å². The predicted molar refractivity (Wildman–Crippen MR) is 59.5 cm³/mol. The van der Waals surface area contributed by atoms with E-state index in [9.17, 15) is 9.90 Å². The van der Waals surface area contributed by atoms with E-state index in [1.54, 1.807) is 11.0 Å². The van der Waals surface area contributed by atoms with Gasteiger partial charge in [0.05, 0.1) is 6.61 Å². The Morgan fingerprint density at radius 1 is 1.67 bits per heavy atom. The maximum Gasteiger partial charge on any atom is 0.242 e. The Morgan fingerprint density at radius 2 is 2.33 bits per heavy atom. The van der Waals surface area contributed by atoms with Crippen LogP contribution in [0.3, 0.4) is 0 Å². The molecule has 86 valence electrons. The zero-order chi connectivity index (χ0) is 11.4. The van der Waals surface area contributed by atoms with Crippen LogP contribution in [0.15, 0.2) is 12.7 Å². The van der Waals surface area contributed by atoms with Gasteiger partial charge in [-0.15, -0.1) is 6.58 Å². The molecule has 0 aliphatic carbocycles. The molecule has 0 bridgehead atoms. The van der Waals surface area contributed by atoms with Crippen molar-refractivity contribution in [2.45, 2.75) is 25.4 Å². The van der Waals surface area contributed by atoms with Crippen LogP contribution in [0.25, 0.3) is 0 Å². The Balaban J connectivity index is 2.81. The Bertz CT molecular complexity index is 243. The molecule has 2 unspecified atom stereocenters. The fourth-order valence-electron chi connectivity index (χ4n) is 1.89. The van der Waals surface area contributed by atoms with Crippen LogP contribution in [0.5, 0.6) is 0 Å². The van der Waals surface area contributed by atoms with E-state index in [0.717, 1.165) is 13.0 Å². The number of hydrogen-bond donors (Lipinski definition) is 1. The van der Waals surface area contributed by atoms with Crippen molar-refractivity contribution in [1.29, 1.82) is 0 Å². The van der Waals surface area contributed by atoms with Crippen molar-refractivity contribution in [3.05, 3.63) is 12.7 Å². The summed E-state index contributed by atoms with van der Waals surface area (Å²) in [5.41, 5.74) is 0. The molecule has 1 aliphatic rings. The molecule has 0 aromatic rings. The van der Waals surface area contributed by atoms with Crippen LogP contribution >= 0.6 is 0 Å². The van der Waals surface area contributed by atoms with Gasteiger partial charge in [-0.25, -0.2) is 0 Å². The number of amides is 1. The van der Waals surface area contributed by atoms with Crippen LogP contribution in [0.4, 0.5) is 0 Å². The summed E-state index contributed by atoms with van der Waals surface area (Å²) in [6.07, 6.45) is 2.66. The molecule has 0 aromatic carbocycles. The van der Waals surface area contributed by atoms with Crippen LogP contribution in [0, 0.1) is 0 Å². The van der Waals surface area contributed by atoms with Crippen molar-refractivity contribution in [3.63, 3.8) is 0 Å². The van der Waals surface area contributed by atoms with Gasteiger partial charge in [-0.3, -0.25) is 9.69 Å². The second kappa shape index (κ2) is 5.28. The molecule has 4 heteroatoms. The summed E-state index contributed by atoms with van der Waals surface area (Å²) in [5, 5.41) is 9.25. The van der Waals surface area contributed by atoms with Crippen molar-refractivity contribution in [3.8, 4) is 0 Å². The first-order chi connectivity index (χ1) is 7.11. The van der Waals surface area contributed by atoms with Crippen LogP contribution < -0.4 is 0 Å². The molecule has 4 nitrogen and oxygen atoms in total. The van der Waals surface area contributed by atoms with Crippen molar-refractivity contribution < 1.29 is 9.90 Å². The number of rotatable bonds is 3. The van der Waals surface area contributed by atoms with E-state index in [4.69, 9.17) is 0 Å². The molecule has 2 atom stereocenters. The largest absolute Gasteiger partial charge is 0.394 e. The van der Waals surface area contributed by atoms with Crippen molar-refractivity contribution in [1.82, 2.24) is 9.80 Å². The lowest BCUT2D eigenvalue weighted by Crippen LogP contribution is -2.48. The summed E-state index contributed by atoms with van der Waals surface area (Å²) in [5.74, 6) is 0.00394. The zero-order valence-corrected chi connectivity index (χ0v) is 9.52. The van der Waals surface area contributed by atoms with Crippen molar-refractivity contribution in [2.75, 3.05) is 26.7 Å². The Morgan fingerprint density at radius 3 is 2.87 bits per heavy atom. The molecular weight excluding hydrogens is 192 g/mol. The molecule has 1 amide bonds. The van der Waals surface area contributed by atoms with E-state index in [2.05, 4.69) is 13.5 Å². The third-order valence-corrected chi connectivity index (χ3v) is 3.12. The average molecular weight is 212 g/mol. The van der Waals surface area contributed by atoms with E-state index >= 15 is 0 Å². The molecule has 1 aliphatic heterocycles. The van der Waals surface area contributed by atoms with Gasteiger partial charge in [-0.2, -0.15) is 0 Å². The lowest BCUT2D eigenvalue weighted by molar-refractivity contribution is -0.136. The lowest BCUT2D eigenvalue weighted by Gasteiger charge is -2.28. The molecule has 1 fully saturated rings. The highest BCUT2D eigenvalue weighted by molar-refractivity contribution is 5.82. The summed E-state index contributed by atoms with van der Waals surface area (Å²) in [6, 6.07) is -0.0802. The quantitative estimate of drug-likeness (QED) is 0.674. The van der Waals surface area contributed by atoms with Crippen LogP contribution in [-0.4, -0.2) is 59.6 Å². The molecule has 0 spiro atoms. The smallest absolute Gasteiger partial charge is 0.242 e. The number of nitrogens with zero attached hydrogens (tertiary/aromatic N) is 2. The molecule has 1 heterocycles. The predicted octanol–water partition coefficient (Wildman–Crippen LogP) is 0.0859. The minimum absolute atomic E-state index is 0.00394. The fourth-order valence-corrected chi connectivity index (χ4v) is 1.89. The third-order valence-electron chi connectivity index (χ3n) is 3.12. The topological polar surface area (TPSA) is 43.8 Å². The molecular formula is C11H20N2O2. The monoisotopic (exact) mass is 212 g/mol. The van der Waals surface area contributed by atoms with Gasteiger partial charge in [-0.05, 0) is 20.4 Å². The number of carbonyl (C=O) groups is 1. The second-order valence-corrected chi connectivity index (χ2v) is 4.07. The van der Waals surface area contributed by atoms with E-state index < -0.39 is 6.04 Å². The van der Waals surface area contributed by atoms with E-state index in [1.165, 1.54) is 0 Å². The number of aliphatic hydroxyl groups excluding tert-OH is 1. The zero-order valence-electron chi connectivity index (χ0n) is 9.52. The Labute approximate surface area is 91.2 Å². The SMILES string of the molecule is C=CCN1CCC(C)N(C)C(CO)C1=O. The molecule has 1 saturated heterocycles. The Kier molecular flexibility index (Phi) is 4.29. The lowest BCUT2D eigenvalue weighted by atomic mass is 10.2. The number of hydrogen-bond acceptors (Lipinski definition) is 3. The number of carbonyl (C=O) groups excluding carboxylic acids is 1. The first-order valence-electron chi connectivity index (χ1n) is 5.34. The maximum atomic E-state index is 12.0. The summed E-state index contributed by atoms with van der Waals surface area (Å²) in [6.45, 7) is 6.91. The molecule has 0 radical (unpaired) electrons. The van der Waals surface area contributed by atoms with E-state index in [0.29, 0.717) is 12.6 Å². The fraction of sp³-hybridized carbons (Fsp3) is 0.727. The van der Waals surface area contributed by atoms with Gasteiger partial charge in [0.2, 0.25) is 5.91 Å². The third kappa shape index (κ3) is 2.58. The van der Waals surface area contributed by atoms with Gasteiger partial charge in [0.15, 0.2) is 0 Å². The maximum absolute atomic E-state index is 12.0. The molecule has 1 rings (SSSR count). The second-order valence-electron chi connectivity index (χ2n) is 4.07. The first-order valence-corrected chi connectivity index (χ1v) is 5.34. The summed E-state index contributed by atoms with van der Waals surface area (Å²) < 4.78 is 0. The highest BCUT2D eigenvalue weighted by atomic mass is 16.3. The standard InChI is InChI=1S/C11H20N2O2/c1-4-6-13-7-5-9(2)12(3)10(8-14)11(13)15/h4,9-10,14H,1,5-8H2,2-3H3. The number of likely N-dealkylation sites (N-methyl/N-ethyl adjacent to an activating group) is 1. The van der Waals surface area contributed by atoms with Gasteiger partial charge in [0.25, 0.3) is 0 Å². The number of aliphatic hydroxyl groups is 1. The summed E-state index contributed by atoms with van der Waals surface area (Å²) >= 11 is 0. The average Bonchev–Trinajstić information content (AvgIpc) is 2.32. The highest BCUT2D eigenvalue weighted by Gasteiger charge is 2.32. The molecule has 0 saturated carbocycles. The van der Waals surface area contributed by atoms with Gasteiger partial charge >= 0.3 is 0 Å². The first kappa shape index (κ1) is 12.2. The van der Waals surface area contributed by atoms with E-state index in [-0.39, 0.29) is 12.5 Å². The summed E-state index contributed by atoms with van der Waals surface area (Å²) in [7, 11) is 1.89. The highest BCUT2D eigenvalue weighted by Crippen LogP contribution is 2.15. The molecule has 1 N–H and O–H groups in total. The van der Waals surface area contributed by atoms with Gasteiger partial charge in [0, 0.05) is 19.1 Å². The normalized spacial score (nSPS) is 29.0. The van der Waals surface area contributed by atoms with Crippen molar-refractivity contribution in [2.24, 2.45) is 0 Å². The van der Waals surface area contributed by atoms with Crippen LogP contribution in [-0.2, 0) is 4.79 Å². The molecule has 15 heavy (non-hydrogen) atoms. The minimum Gasteiger partial charge on any atom is -0.394 e. The van der Waals surface area contributed by atoms with Gasteiger partial charge in [0.1, 0.15) is 6.04 Å². The minimum atomic E-state index is -0.401. The van der Waals surface area contributed by atoms with Crippen LogP contribution in [0.1, 0.15) is 13.3 Å². The molecule has 0 aromatic heterocycles. The Hall–Kier alpha value is -0.870. The van der Waals surface area contributed by atoms with E-state index in [1.807, 2.05) is 11.9 Å². The van der Waals surface area contributed by atoms with Gasteiger partial charge < -0.3 is 10.0 Å².